The number of fused-ring (bicyclic) bond motifs is 1. The van der Waals surface area contributed by atoms with Crippen molar-refractivity contribution in [3.63, 3.8) is 0 Å². The first-order chi connectivity index (χ1) is 16.8. The molecule has 3 aromatic rings. The van der Waals surface area contributed by atoms with E-state index in [1.54, 1.807) is 0 Å². The first kappa shape index (κ1) is 24.3. The Bertz CT molecular complexity index is 1330. The molecule has 1 aliphatic heterocycles. The van der Waals surface area contributed by atoms with Crippen LogP contribution in [0, 0.1) is 6.92 Å². The summed E-state index contributed by atoms with van der Waals surface area (Å²) in [6, 6.07) is 15.7. The van der Waals surface area contributed by atoms with Crippen LogP contribution in [-0.4, -0.2) is 40.6 Å². The largest absolute Gasteiger partial charge is 0.466 e. The molecular weight excluding hydrogens is 442 g/mol. The molecule has 0 bridgehead atoms. The van der Waals surface area contributed by atoms with Crippen LogP contribution in [0.5, 0.6) is 0 Å². The van der Waals surface area contributed by atoms with Crippen molar-refractivity contribution in [2.24, 2.45) is 0 Å². The summed E-state index contributed by atoms with van der Waals surface area (Å²) in [4.78, 5) is 33.2. The normalized spacial score (nSPS) is 14.6. The summed E-state index contributed by atoms with van der Waals surface area (Å²) in [5.41, 5.74) is 6.06. The molecule has 35 heavy (non-hydrogen) atoms. The van der Waals surface area contributed by atoms with Crippen LogP contribution in [-0.2, 0) is 32.2 Å². The highest BCUT2D eigenvalue weighted by Crippen LogP contribution is 2.44. The second kappa shape index (κ2) is 9.78. The van der Waals surface area contributed by atoms with Crippen molar-refractivity contribution in [3.8, 4) is 0 Å². The monoisotopic (exact) mass is 473 g/mol. The predicted molar refractivity (Wildman–Crippen MR) is 134 cm³/mol. The van der Waals surface area contributed by atoms with Gasteiger partial charge in [0.2, 0.25) is 0 Å². The number of aryl methyl sites for hydroxylation is 2. The first-order valence-corrected chi connectivity index (χ1v) is 11.7. The lowest BCUT2D eigenvalue weighted by molar-refractivity contribution is -0.137. The highest BCUT2D eigenvalue weighted by Gasteiger charge is 2.41. The Balaban J connectivity index is 1.96. The molecule has 0 unspecified atom stereocenters. The molecule has 0 atom stereocenters. The Kier molecular flexibility index (Phi) is 6.78. The standard InChI is InChI=1S/C28H31N3O4/c1-7-23-29-21-14-10-11-15-22(21)31(23)16-30-18(3)24(27(32)34-5)26(20-13-9-8-12-17(20)2)25(19(30)4)28(33)35-6/h8-15,26H,7,16H2,1-6H3. The number of nitrogens with zero attached hydrogens (tertiary/aromatic N) is 3. The summed E-state index contributed by atoms with van der Waals surface area (Å²) >= 11 is 0. The van der Waals surface area contributed by atoms with Gasteiger partial charge in [-0.15, -0.1) is 0 Å². The zero-order chi connectivity index (χ0) is 25.3. The van der Waals surface area contributed by atoms with Gasteiger partial charge >= 0.3 is 11.9 Å². The van der Waals surface area contributed by atoms with E-state index in [9.17, 15) is 9.59 Å². The summed E-state index contributed by atoms with van der Waals surface area (Å²) in [5, 5.41) is 0. The lowest BCUT2D eigenvalue weighted by atomic mass is 9.78. The molecule has 0 aliphatic carbocycles. The van der Waals surface area contributed by atoms with Gasteiger partial charge in [-0.1, -0.05) is 43.3 Å². The molecule has 1 aliphatic rings. The van der Waals surface area contributed by atoms with Gasteiger partial charge in [0.1, 0.15) is 12.5 Å². The van der Waals surface area contributed by atoms with Crippen molar-refractivity contribution in [3.05, 3.63) is 88.0 Å². The lowest BCUT2D eigenvalue weighted by Gasteiger charge is -2.38. The van der Waals surface area contributed by atoms with E-state index in [1.165, 1.54) is 14.2 Å². The minimum Gasteiger partial charge on any atom is -0.466 e. The number of carbonyl (C=O) groups excluding carboxylic acids is 2. The maximum Gasteiger partial charge on any atom is 0.336 e. The molecule has 0 spiro atoms. The Morgan fingerprint density at radius 2 is 1.46 bits per heavy atom. The maximum atomic E-state index is 13.2. The van der Waals surface area contributed by atoms with Crippen LogP contribution >= 0.6 is 0 Å². The van der Waals surface area contributed by atoms with Gasteiger partial charge in [-0.25, -0.2) is 14.6 Å². The van der Waals surface area contributed by atoms with Crippen molar-refractivity contribution in [1.82, 2.24) is 14.5 Å². The average molecular weight is 474 g/mol. The van der Waals surface area contributed by atoms with Crippen LogP contribution in [0.3, 0.4) is 0 Å². The fourth-order valence-corrected chi connectivity index (χ4v) is 4.98. The van der Waals surface area contributed by atoms with Gasteiger partial charge in [0.15, 0.2) is 0 Å². The Labute approximate surface area is 205 Å². The second-order valence-electron chi connectivity index (χ2n) is 8.64. The predicted octanol–water partition coefficient (Wildman–Crippen LogP) is 4.86. The van der Waals surface area contributed by atoms with E-state index in [0.717, 1.165) is 45.8 Å². The number of imidazole rings is 1. The molecule has 0 saturated heterocycles. The number of benzene rings is 2. The fourth-order valence-electron chi connectivity index (χ4n) is 4.98. The average Bonchev–Trinajstić information content (AvgIpc) is 3.23. The van der Waals surface area contributed by atoms with E-state index < -0.39 is 17.9 Å². The topological polar surface area (TPSA) is 73.7 Å². The molecule has 1 aromatic heterocycles. The summed E-state index contributed by atoms with van der Waals surface area (Å²) < 4.78 is 12.6. The minimum absolute atomic E-state index is 0.392. The molecule has 0 saturated carbocycles. The number of para-hydroxylation sites is 2. The van der Waals surface area contributed by atoms with Gasteiger partial charge in [-0.05, 0) is 44.0 Å². The number of hydrogen-bond acceptors (Lipinski definition) is 6. The first-order valence-electron chi connectivity index (χ1n) is 11.7. The van der Waals surface area contributed by atoms with E-state index in [1.807, 2.05) is 74.2 Å². The smallest absolute Gasteiger partial charge is 0.336 e. The van der Waals surface area contributed by atoms with E-state index in [-0.39, 0.29) is 0 Å². The van der Waals surface area contributed by atoms with Crippen LogP contribution < -0.4 is 0 Å². The Hall–Kier alpha value is -3.87. The van der Waals surface area contributed by atoms with Crippen molar-refractivity contribution in [2.45, 2.75) is 46.7 Å². The molecule has 2 heterocycles. The molecular formula is C28H31N3O4. The zero-order valence-corrected chi connectivity index (χ0v) is 21.1. The molecule has 7 heteroatoms. The maximum absolute atomic E-state index is 13.2. The van der Waals surface area contributed by atoms with Crippen LogP contribution in [0.4, 0.5) is 0 Å². The van der Waals surface area contributed by atoms with Gasteiger partial charge in [0.05, 0.1) is 42.3 Å². The number of hydrogen-bond donors (Lipinski definition) is 0. The number of carbonyl (C=O) groups is 2. The highest BCUT2D eigenvalue weighted by atomic mass is 16.5. The van der Waals surface area contributed by atoms with E-state index in [2.05, 4.69) is 11.5 Å². The summed E-state index contributed by atoms with van der Waals surface area (Å²) in [7, 11) is 2.73. The van der Waals surface area contributed by atoms with Gasteiger partial charge in [-0.3, -0.25) is 0 Å². The van der Waals surface area contributed by atoms with Gasteiger partial charge in [0.25, 0.3) is 0 Å². The van der Waals surface area contributed by atoms with E-state index in [4.69, 9.17) is 14.5 Å². The fraction of sp³-hybridized carbons (Fsp3) is 0.321. The molecule has 4 rings (SSSR count). The molecule has 0 fully saturated rings. The quantitative estimate of drug-likeness (QED) is 0.476. The number of esters is 2. The highest BCUT2D eigenvalue weighted by molar-refractivity contribution is 6.00. The van der Waals surface area contributed by atoms with Gasteiger partial charge in [-0.2, -0.15) is 0 Å². The summed E-state index contributed by atoms with van der Waals surface area (Å²) in [6.07, 6.45) is 0.744. The third-order valence-corrected chi connectivity index (χ3v) is 6.81. The molecule has 182 valence electrons. The zero-order valence-electron chi connectivity index (χ0n) is 21.1. The van der Waals surface area contributed by atoms with Crippen LogP contribution in [0.15, 0.2) is 71.1 Å². The van der Waals surface area contributed by atoms with Crippen LogP contribution in [0.25, 0.3) is 11.0 Å². The van der Waals surface area contributed by atoms with Gasteiger partial charge < -0.3 is 18.9 Å². The molecule has 2 aromatic carbocycles. The van der Waals surface area contributed by atoms with Crippen molar-refractivity contribution in [2.75, 3.05) is 14.2 Å². The summed E-state index contributed by atoms with van der Waals surface area (Å²) in [6.45, 7) is 8.23. The van der Waals surface area contributed by atoms with Crippen molar-refractivity contribution >= 4 is 23.0 Å². The number of methoxy groups -OCH3 is 2. The van der Waals surface area contributed by atoms with Crippen LogP contribution in [0.1, 0.15) is 43.6 Å². The lowest BCUT2D eigenvalue weighted by Crippen LogP contribution is -2.36. The second-order valence-corrected chi connectivity index (χ2v) is 8.64. The number of allylic oxidation sites excluding steroid dienone is 2. The SMILES string of the molecule is CCc1nc2ccccc2n1CN1C(C)=C(C(=O)OC)C(c2ccccc2C)C(C(=O)OC)=C1C. The van der Waals surface area contributed by atoms with E-state index in [0.29, 0.717) is 17.8 Å². The number of aromatic nitrogens is 2. The van der Waals surface area contributed by atoms with Crippen molar-refractivity contribution in [1.29, 1.82) is 0 Å². The third-order valence-electron chi connectivity index (χ3n) is 6.81. The Morgan fingerprint density at radius 1 is 0.886 bits per heavy atom. The molecule has 0 radical (unpaired) electrons. The summed E-state index contributed by atoms with van der Waals surface area (Å²) in [5.74, 6) is -0.619. The number of ether oxygens (including phenoxy) is 2. The minimum atomic E-state index is -0.600. The molecule has 0 N–H and O–H groups in total. The van der Waals surface area contributed by atoms with Crippen molar-refractivity contribution < 1.29 is 19.1 Å². The van der Waals surface area contributed by atoms with Crippen LogP contribution in [0.2, 0.25) is 0 Å². The number of rotatable bonds is 6. The third kappa shape index (κ3) is 4.11. The van der Waals surface area contributed by atoms with Gasteiger partial charge in [0, 0.05) is 17.8 Å². The molecule has 7 nitrogen and oxygen atoms in total. The Morgan fingerprint density at radius 3 is 2.03 bits per heavy atom. The van der Waals surface area contributed by atoms with E-state index >= 15 is 0 Å². The molecule has 0 amide bonds.